The van der Waals surface area contributed by atoms with Gasteiger partial charge in [-0.25, -0.2) is 9.78 Å². The van der Waals surface area contributed by atoms with E-state index in [0.29, 0.717) is 40.1 Å². The molecule has 3 amide bonds. The third-order valence-electron chi connectivity index (χ3n) is 8.12. The third-order valence-corrected chi connectivity index (χ3v) is 8.37. The zero-order valence-corrected chi connectivity index (χ0v) is 27.9. The van der Waals surface area contributed by atoms with E-state index >= 15 is 0 Å². The van der Waals surface area contributed by atoms with Crippen LogP contribution >= 0.6 is 11.6 Å². The van der Waals surface area contributed by atoms with Crippen molar-refractivity contribution < 1.29 is 32.3 Å². The maximum atomic E-state index is 13.6. The number of halogens is 4. The number of anilines is 1. The lowest BCUT2D eigenvalue weighted by Gasteiger charge is -2.38. The van der Waals surface area contributed by atoms with Gasteiger partial charge < -0.3 is 19.1 Å². The summed E-state index contributed by atoms with van der Waals surface area (Å²) in [5.74, 6) is -2.15. The van der Waals surface area contributed by atoms with Crippen LogP contribution in [0.5, 0.6) is 0 Å². The van der Waals surface area contributed by atoms with Gasteiger partial charge in [0.1, 0.15) is 5.60 Å². The molecular weight excluding hydrogens is 623 g/mol. The van der Waals surface area contributed by atoms with E-state index in [9.17, 15) is 27.6 Å². The molecule has 2 unspecified atom stereocenters. The first-order valence-electron chi connectivity index (χ1n) is 15.2. The standard InChI is InChI=1S/C33H41ClF3N5O4/c1-20(31(2,3)4)41(28(44)33(35,36)37)18-21-10-15-26-25(17-21)38-29(39-27(43)22-11-13-23(34)14-12-22)42(26)19-24-9-8-16-40(24)30(45)46-32(5,6)7/h10-15,17,20,24H,8-9,16,18-19H2,1-7H3,(H,38,39,43). The molecule has 0 spiro atoms. The van der Waals surface area contributed by atoms with Crippen LogP contribution in [0.2, 0.25) is 5.02 Å². The Morgan fingerprint density at radius 3 is 2.30 bits per heavy atom. The van der Waals surface area contributed by atoms with E-state index in [1.807, 2.05) is 0 Å². The Labute approximate surface area is 272 Å². The van der Waals surface area contributed by atoms with Gasteiger partial charge in [-0.1, -0.05) is 38.4 Å². The minimum atomic E-state index is -5.04. The van der Waals surface area contributed by atoms with Crippen molar-refractivity contribution in [3.05, 3.63) is 58.6 Å². The molecular formula is C33H41ClF3N5O4. The summed E-state index contributed by atoms with van der Waals surface area (Å²) in [5, 5.41) is 3.32. The van der Waals surface area contributed by atoms with Crippen LogP contribution in [-0.4, -0.2) is 67.7 Å². The number of alkyl halides is 3. The second kappa shape index (κ2) is 13.1. The average Bonchev–Trinajstić information content (AvgIpc) is 3.54. The predicted molar refractivity (Wildman–Crippen MR) is 171 cm³/mol. The number of hydrogen-bond acceptors (Lipinski definition) is 5. The predicted octanol–water partition coefficient (Wildman–Crippen LogP) is 7.67. The molecule has 0 radical (unpaired) electrons. The van der Waals surface area contributed by atoms with E-state index in [1.54, 1.807) is 100 Å². The molecule has 4 rings (SSSR count). The topological polar surface area (TPSA) is 96.8 Å². The maximum Gasteiger partial charge on any atom is 0.471 e. The van der Waals surface area contributed by atoms with E-state index in [2.05, 4.69) is 10.3 Å². The van der Waals surface area contributed by atoms with Gasteiger partial charge in [-0.15, -0.1) is 0 Å². The molecule has 1 aromatic heterocycles. The Bertz CT molecular complexity index is 1590. The van der Waals surface area contributed by atoms with Gasteiger partial charge >= 0.3 is 18.2 Å². The number of nitrogens with zero attached hydrogens (tertiary/aromatic N) is 4. The summed E-state index contributed by atoms with van der Waals surface area (Å²) in [4.78, 5) is 45.9. The fourth-order valence-electron chi connectivity index (χ4n) is 5.34. The molecule has 1 fully saturated rings. The van der Waals surface area contributed by atoms with Gasteiger partial charge in [-0.2, -0.15) is 13.2 Å². The van der Waals surface area contributed by atoms with E-state index in [1.165, 1.54) is 0 Å². The summed E-state index contributed by atoms with van der Waals surface area (Å²) >= 11 is 5.99. The summed E-state index contributed by atoms with van der Waals surface area (Å²) in [7, 11) is 0. The highest BCUT2D eigenvalue weighted by molar-refractivity contribution is 6.30. The highest BCUT2D eigenvalue weighted by Gasteiger charge is 2.45. The van der Waals surface area contributed by atoms with Crippen molar-refractivity contribution in [2.75, 3.05) is 11.9 Å². The molecule has 3 aromatic rings. The summed E-state index contributed by atoms with van der Waals surface area (Å²) in [5.41, 5.74) is 0.506. The first kappa shape index (κ1) is 35.1. The number of hydrogen-bond donors (Lipinski definition) is 1. The van der Waals surface area contributed by atoms with Crippen molar-refractivity contribution in [1.82, 2.24) is 19.4 Å². The maximum absolute atomic E-state index is 13.6. The van der Waals surface area contributed by atoms with Crippen LogP contribution in [0.25, 0.3) is 11.0 Å². The van der Waals surface area contributed by atoms with Crippen LogP contribution in [0.3, 0.4) is 0 Å². The minimum Gasteiger partial charge on any atom is -0.444 e. The van der Waals surface area contributed by atoms with Gasteiger partial charge in [0.15, 0.2) is 0 Å². The number of amides is 3. The second-order valence-electron chi connectivity index (χ2n) is 13.8. The van der Waals surface area contributed by atoms with Crippen LogP contribution in [0.1, 0.15) is 77.2 Å². The van der Waals surface area contributed by atoms with Crippen molar-refractivity contribution >= 4 is 46.5 Å². The second-order valence-corrected chi connectivity index (χ2v) is 14.2. The van der Waals surface area contributed by atoms with Crippen LogP contribution in [-0.2, 0) is 22.6 Å². The number of aromatic nitrogens is 2. The van der Waals surface area contributed by atoms with Crippen LogP contribution < -0.4 is 5.32 Å². The molecule has 250 valence electrons. The lowest BCUT2D eigenvalue weighted by Crippen LogP contribution is -2.50. The fourth-order valence-corrected chi connectivity index (χ4v) is 5.46. The molecule has 1 saturated heterocycles. The molecule has 1 N–H and O–H groups in total. The van der Waals surface area contributed by atoms with Crippen molar-refractivity contribution in [2.24, 2.45) is 5.41 Å². The molecule has 0 aliphatic carbocycles. The molecule has 46 heavy (non-hydrogen) atoms. The number of imidazole rings is 1. The van der Waals surface area contributed by atoms with E-state index in [-0.39, 0.29) is 25.1 Å². The first-order valence-corrected chi connectivity index (χ1v) is 15.6. The van der Waals surface area contributed by atoms with Gasteiger partial charge in [-0.05, 0) is 87.9 Å². The highest BCUT2D eigenvalue weighted by Crippen LogP contribution is 2.32. The van der Waals surface area contributed by atoms with Gasteiger partial charge in [-0.3, -0.25) is 14.9 Å². The molecule has 0 saturated carbocycles. The zero-order chi connectivity index (χ0) is 34.2. The van der Waals surface area contributed by atoms with Gasteiger partial charge in [0.25, 0.3) is 5.91 Å². The van der Waals surface area contributed by atoms with E-state index in [0.717, 1.165) is 11.3 Å². The lowest BCUT2D eigenvalue weighted by atomic mass is 9.86. The average molecular weight is 664 g/mol. The molecule has 2 aromatic carbocycles. The number of likely N-dealkylation sites (tertiary alicyclic amines) is 1. The Balaban J connectivity index is 1.72. The Hall–Kier alpha value is -3.80. The summed E-state index contributed by atoms with van der Waals surface area (Å²) < 4.78 is 48.3. The summed E-state index contributed by atoms with van der Waals surface area (Å²) in [6, 6.07) is 10.3. The minimum absolute atomic E-state index is 0.203. The molecule has 1 aliphatic rings. The SMILES string of the molecule is CC(N(Cc1ccc2c(c1)nc(NC(=O)c1ccc(Cl)cc1)n2CC1CCCN1C(=O)OC(C)(C)C)C(=O)C(F)(F)F)C(C)(C)C. The van der Waals surface area contributed by atoms with Gasteiger partial charge in [0.05, 0.1) is 17.1 Å². The summed E-state index contributed by atoms with van der Waals surface area (Å²) in [6.45, 7) is 12.8. The van der Waals surface area contributed by atoms with Crippen molar-refractivity contribution in [1.29, 1.82) is 0 Å². The van der Waals surface area contributed by atoms with Crippen molar-refractivity contribution in [3.8, 4) is 0 Å². The molecule has 1 aliphatic heterocycles. The highest BCUT2D eigenvalue weighted by atomic mass is 35.5. The first-order chi connectivity index (χ1) is 21.2. The number of carbonyl (C=O) groups excluding carboxylic acids is 3. The quantitative estimate of drug-likeness (QED) is 0.280. The van der Waals surface area contributed by atoms with E-state index in [4.69, 9.17) is 16.3 Å². The summed E-state index contributed by atoms with van der Waals surface area (Å²) in [6.07, 6.45) is -4.01. The molecule has 13 heteroatoms. The van der Waals surface area contributed by atoms with Gasteiger partial charge in [0, 0.05) is 36.3 Å². The third kappa shape index (κ3) is 8.31. The number of benzene rings is 2. The number of nitrogens with one attached hydrogen (secondary N) is 1. The van der Waals surface area contributed by atoms with Crippen LogP contribution in [0.4, 0.5) is 23.9 Å². The molecule has 9 nitrogen and oxygen atoms in total. The number of fused-ring (bicyclic) bond motifs is 1. The number of carbonyl (C=O) groups is 3. The van der Waals surface area contributed by atoms with Gasteiger partial charge in [0.2, 0.25) is 5.95 Å². The van der Waals surface area contributed by atoms with Crippen LogP contribution in [0, 0.1) is 5.41 Å². The van der Waals surface area contributed by atoms with Crippen LogP contribution in [0.15, 0.2) is 42.5 Å². The largest absolute Gasteiger partial charge is 0.471 e. The normalized spacial score (nSPS) is 16.4. The lowest BCUT2D eigenvalue weighted by molar-refractivity contribution is -0.190. The van der Waals surface area contributed by atoms with Crippen molar-refractivity contribution in [2.45, 2.75) is 98.3 Å². The molecule has 0 bridgehead atoms. The zero-order valence-electron chi connectivity index (χ0n) is 27.2. The molecule has 2 heterocycles. The number of rotatable bonds is 7. The molecule has 2 atom stereocenters. The Kier molecular flexibility index (Phi) is 10.0. The Morgan fingerprint density at radius 2 is 1.72 bits per heavy atom. The number of ether oxygens (including phenoxy) is 1. The van der Waals surface area contributed by atoms with Crippen molar-refractivity contribution in [3.63, 3.8) is 0 Å². The fraction of sp³-hybridized carbons (Fsp3) is 0.515. The Morgan fingerprint density at radius 1 is 1.07 bits per heavy atom. The monoisotopic (exact) mass is 663 g/mol. The van der Waals surface area contributed by atoms with E-state index < -0.39 is 41.1 Å². The smallest absolute Gasteiger partial charge is 0.444 e.